The Bertz CT molecular complexity index is 2300. The highest BCUT2D eigenvalue weighted by Gasteiger charge is 2.34. The maximum absolute atomic E-state index is 13.5. The molecule has 0 saturated carbocycles. The standard InChI is InChI=1S/C34H16N2O6/c37-33-23-7-2-1-6-21(23)25-15-20(14-18-11-12-28(36(41)42)32(33)30(18)25)19-13-17-5-3-9-24-29(17)26(16-19)22-8-4-10-27(35(39)40)31(22)34(24)38/h1-16H. The monoisotopic (exact) mass is 548 g/mol. The van der Waals surface area contributed by atoms with Crippen LogP contribution in [0.5, 0.6) is 0 Å². The van der Waals surface area contributed by atoms with Gasteiger partial charge in [-0.3, -0.25) is 29.8 Å². The largest absolute Gasteiger partial charge is 0.288 e. The Morgan fingerprint density at radius 1 is 0.452 bits per heavy atom. The molecule has 0 N–H and O–H groups in total. The maximum atomic E-state index is 13.5. The lowest BCUT2D eigenvalue weighted by atomic mass is 9.79. The molecule has 6 aromatic rings. The Labute approximate surface area is 236 Å². The highest BCUT2D eigenvalue weighted by Crippen LogP contribution is 2.47. The molecule has 0 unspecified atom stereocenters. The zero-order chi connectivity index (χ0) is 28.9. The van der Waals surface area contributed by atoms with Crippen LogP contribution in [0.1, 0.15) is 31.8 Å². The summed E-state index contributed by atoms with van der Waals surface area (Å²) < 4.78 is 0. The van der Waals surface area contributed by atoms with E-state index >= 15 is 0 Å². The van der Waals surface area contributed by atoms with Crippen molar-refractivity contribution in [3.63, 3.8) is 0 Å². The lowest BCUT2D eigenvalue weighted by Crippen LogP contribution is -2.13. The number of hydrogen-bond donors (Lipinski definition) is 0. The van der Waals surface area contributed by atoms with Crippen LogP contribution in [0, 0.1) is 20.2 Å². The summed E-state index contributed by atoms with van der Waals surface area (Å²) in [5, 5.41) is 26.5. The van der Waals surface area contributed by atoms with E-state index in [0.717, 1.165) is 21.9 Å². The van der Waals surface area contributed by atoms with E-state index in [1.807, 2.05) is 42.5 Å². The molecule has 8 heteroatoms. The summed E-state index contributed by atoms with van der Waals surface area (Å²) in [5.41, 5.74) is 4.70. The maximum Gasteiger partial charge on any atom is 0.281 e. The number of nitro benzene ring substituents is 2. The van der Waals surface area contributed by atoms with E-state index in [9.17, 15) is 29.8 Å². The van der Waals surface area contributed by atoms with Crippen molar-refractivity contribution in [1.29, 1.82) is 0 Å². The number of carbonyl (C=O) groups excluding carboxylic acids is 2. The number of carbonyl (C=O) groups is 2. The molecule has 0 amide bonds. The number of nitro groups is 2. The highest BCUT2D eigenvalue weighted by atomic mass is 16.6. The average molecular weight is 549 g/mol. The number of rotatable bonds is 3. The number of fused-ring (bicyclic) bond motifs is 4. The quantitative estimate of drug-likeness (QED) is 0.163. The zero-order valence-electron chi connectivity index (χ0n) is 21.6. The summed E-state index contributed by atoms with van der Waals surface area (Å²) in [4.78, 5) is 49.7. The van der Waals surface area contributed by atoms with Gasteiger partial charge in [-0.1, -0.05) is 54.6 Å². The molecule has 0 fully saturated rings. The van der Waals surface area contributed by atoms with Crippen molar-refractivity contribution in [2.45, 2.75) is 0 Å². The molecular formula is C34H16N2O6. The molecule has 8 nitrogen and oxygen atoms in total. The van der Waals surface area contributed by atoms with Gasteiger partial charge < -0.3 is 0 Å². The van der Waals surface area contributed by atoms with Gasteiger partial charge in [-0.2, -0.15) is 0 Å². The topological polar surface area (TPSA) is 120 Å². The van der Waals surface area contributed by atoms with Crippen LogP contribution in [0.15, 0.2) is 97.1 Å². The predicted octanol–water partition coefficient (Wildman–Crippen LogP) is 7.90. The number of nitrogens with zero attached hydrogens (tertiary/aromatic N) is 2. The third-order valence-electron chi connectivity index (χ3n) is 8.29. The van der Waals surface area contributed by atoms with Gasteiger partial charge in [0.05, 0.1) is 9.85 Å². The van der Waals surface area contributed by atoms with Crippen molar-refractivity contribution in [2.75, 3.05) is 0 Å². The molecule has 0 aromatic heterocycles. The Kier molecular flexibility index (Phi) is 4.68. The molecule has 0 saturated heterocycles. The van der Waals surface area contributed by atoms with Gasteiger partial charge in [0.25, 0.3) is 11.4 Å². The molecule has 0 heterocycles. The van der Waals surface area contributed by atoms with Gasteiger partial charge in [0.15, 0.2) is 0 Å². The Morgan fingerprint density at radius 3 is 1.71 bits per heavy atom. The minimum Gasteiger partial charge on any atom is -0.288 e. The Morgan fingerprint density at radius 2 is 1.00 bits per heavy atom. The SMILES string of the molecule is O=C1c2c(cccc2[N+](=O)[O-])-c2cc(-c3cc4c5c(c([N+](=O)[O-])ccc5c3)C(=O)c3ccccc3-4)cc3cccc1c23. The van der Waals surface area contributed by atoms with Crippen molar-refractivity contribution in [1.82, 2.24) is 0 Å². The smallest absolute Gasteiger partial charge is 0.281 e. The van der Waals surface area contributed by atoms with Crippen molar-refractivity contribution >= 4 is 44.5 Å². The third kappa shape index (κ3) is 3.06. The van der Waals surface area contributed by atoms with E-state index < -0.39 is 9.85 Å². The van der Waals surface area contributed by atoms with Crippen molar-refractivity contribution < 1.29 is 19.4 Å². The molecule has 0 atom stereocenters. The molecule has 198 valence electrons. The third-order valence-corrected chi connectivity index (χ3v) is 8.29. The van der Waals surface area contributed by atoms with Crippen LogP contribution < -0.4 is 0 Å². The molecular weight excluding hydrogens is 532 g/mol. The van der Waals surface area contributed by atoms with Crippen LogP contribution in [-0.4, -0.2) is 21.4 Å². The minimum absolute atomic E-state index is 0.0673. The van der Waals surface area contributed by atoms with Crippen molar-refractivity contribution in [2.24, 2.45) is 0 Å². The minimum atomic E-state index is -0.532. The predicted molar refractivity (Wildman–Crippen MR) is 158 cm³/mol. The first-order chi connectivity index (χ1) is 20.3. The Hall–Kier alpha value is -6.02. The molecule has 0 bridgehead atoms. The summed E-state index contributed by atoms with van der Waals surface area (Å²) in [6.07, 6.45) is 0. The molecule has 2 aliphatic carbocycles. The van der Waals surface area contributed by atoms with Gasteiger partial charge in [0.2, 0.25) is 11.6 Å². The van der Waals surface area contributed by atoms with E-state index in [1.165, 1.54) is 12.1 Å². The van der Waals surface area contributed by atoms with E-state index in [1.54, 1.807) is 42.5 Å². The lowest BCUT2D eigenvalue weighted by molar-refractivity contribution is -0.385. The lowest BCUT2D eigenvalue weighted by Gasteiger charge is -2.23. The second-order valence-electron chi connectivity index (χ2n) is 10.4. The van der Waals surface area contributed by atoms with Gasteiger partial charge in [0.1, 0.15) is 11.1 Å². The van der Waals surface area contributed by atoms with E-state index in [4.69, 9.17) is 0 Å². The summed E-state index contributed by atoms with van der Waals surface area (Å²) >= 11 is 0. The number of benzene rings is 6. The van der Waals surface area contributed by atoms with Gasteiger partial charge in [0, 0.05) is 39.6 Å². The summed E-state index contributed by atoms with van der Waals surface area (Å²) in [6.45, 7) is 0. The molecule has 0 aliphatic heterocycles. The van der Waals surface area contributed by atoms with E-state index in [-0.39, 0.29) is 34.1 Å². The summed E-state index contributed by atoms with van der Waals surface area (Å²) in [7, 11) is 0. The molecule has 8 rings (SSSR count). The average Bonchev–Trinajstić information content (AvgIpc) is 3.01. The van der Waals surface area contributed by atoms with Crippen LogP contribution in [-0.2, 0) is 0 Å². The van der Waals surface area contributed by atoms with E-state index in [2.05, 4.69) is 0 Å². The molecule has 2 aliphatic rings. The fourth-order valence-electron chi connectivity index (χ4n) is 6.55. The van der Waals surface area contributed by atoms with Crippen LogP contribution >= 0.6 is 0 Å². The van der Waals surface area contributed by atoms with Gasteiger partial charge >= 0.3 is 0 Å². The first-order valence-electron chi connectivity index (χ1n) is 13.1. The zero-order valence-corrected chi connectivity index (χ0v) is 21.6. The van der Waals surface area contributed by atoms with E-state index in [0.29, 0.717) is 44.2 Å². The van der Waals surface area contributed by atoms with Gasteiger partial charge in [-0.05, 0) is 68.9 Å². The number of ketones is 2. The first kappa shape index (κ1) is 23.8. The second-order valence-corrected chi connectivity index (χ2v) is 10.4. The molecule has 0 radical (unpaired) electrons. The van der Waals surface area contributed by atoms with Crippen LogP contribution in [0.4, 0.5) is 11.4 Å². The highest BCUT2D eigenvalue weighted by molar-refractivity contribution is 6.29. The van der Waals surface area contributed by atoms with Gasteiger partial charge in [-0.15, -0.1) is 0 Å². The summed E-state index contributed by atoms with van der Waals surface area (Å²) in [5.74, 6) is -0.762. The molecule has 0 spiro atoms. The first-order valence-corrected chi connectivity index (χ1v) is 13.1. The second kappa shape index (κ2) is 8.25. The summed E-state index contributed by atoms with van der Waals surface area (Å²) in [6, 6.07) is 27.9. The van der Waals surface area contributed by atoms with Crippen LogP contribution in [0.3, 0.4) is 0 Å². The van der Waals surface area contributed by atoms with Crippen molar-refractivity contribution in [3.8, 4) is 33.4 Å². The molecule has 6 aromatic carbocycles. The van der Waals surface area contributed by atoms with Crippen molar-refractivity contribution in [3.05, 3.63) is 140 Å². The fraction of sp³-hybridized carbons (Fsp3) is 0. The molecule has 42 heavy (non-hydrogen) atoms. The Balaban J connectivity index is 1.46. The van der Waals surface area contributed by atoms with Crippen LogP contribution in [0.25, 0.3) is 54.9 Å². The number of hydrogen-bond acceptors (Lipinski definition) is 6. The fourth-order valence-corrected chi connectivity index (χ4v) is 6.55. The normalized spacial score (nSPS) is 12.8. The van der Waals surface area contributed by atoms with Crippen LogP contribution in [0.2, 0.25) is 0 Å². The van der Waals surface area contributed by atoms with Gasteiger partial charge in [-0.25, -0.2) is 0 Å².